The second-order valence-electron chi connectivity index (χ2n) is 4.43. The third kappa shape index (κ3) is 3.01. The summed E-state index contributed by atoms with van der Waals surface area (Å²) in [6.07, 6.45) is 0. The van der Waals surface area contributed by atoms with E-state index in [-0.39, 0.29) is 12.1 Å². The number of nitrogens with one attached hydrogen (secondary N) is 1. The Hall–Kier alpha value is -2.67. The van der Waals surface area contributed by atoms with Gasteiger partial charge < -0.3 is 5.32 Å². The minimum absolute atomic E-state index is 0.0291. The monoisotopic (exact) mass is 268 g/mol. The summed E-state index contributed by atoms with van der Waals surface area (Å²) in [4.78, 5) is 11.9. The van der Waals surface area contributed by atoms with E-state index in [1.807, 2.05) is 6.07 Å². The number of benzene rings is 2. The van der Waals surface area contributed by atoms with E-state index in [0.29, 0.717) is 11.1 Å². The Kier molecular flexibility index (Phi) is 4.11. The zero-order valence-corrected chi connectivity index (χ0v) is 11.0. The summed E-state index contributed by atoms with van der Waals surface area (Å²) in [5.41, 5.74) is 1.79. The zero-order chi connectivity index (χ0) is 14.5. The minimum Gasteiger partial charge on any atom is -0.348 e. The number of nitriles is 1. The van der Waals surface area contributed by atoms with Crippen molar-refractivity contribution in [3.05, 3.63) is 70.5 Å². The summed E-state index contributed by atoms with van der Waals surface area (Å²) in [5.74, 6) is -0.968. The SMILES string of the molecule is Cc1cccc(C(=O)NCc2cccc(C#N)c2)c1F. The highest BCUT2D eigenvalue weighted by atomic mass is 19.1. The van der Waals surface area contributed by atoms with Crippen molar-refractivity contribution in [2.75, 3.05) is 0 Å². The summed E-state index contributed by atoms with van der Waals surface area (Å²) in [5, 5.41) is 11.4. The number of amides is 1. The van der Waals surface area contributed by atoms with E-state index in [2.05, 4.69) is 5.32 Å². The van der Waals surface area contributed by atoms with E-state index >= 15 is 0 Å². The first-order valence-corrected chi connectivity index (χ1v) is 6.14. The standard InChI is InChI=1S/C16H13FN2O/c1-11-4-2-7-14(15(11)17)16(20)19-10-13-6-3-5-12(8-13)9-18/h2-8H,10H2,1H3,(H,19,20). The van der Waals surface area contributed by atoms with E-state index in [4.69, 9.17) is 5.26 Å². The molecular weight excluding hydrogens is 255 g/mol. The van der Waals surface area contributed by atoms with Crippen LogP contribution in [0.4, 0.5) is 4.39 Å². The van der Waals surface area contributed by atoms with Crippen molar-refractivity contribution in [2.24, 2.45) is 0 Å². The van der Waals surface area contributed by atoms with Crippen molar-refractivity contribution < 1.29 is 9.18 Å². The van der Waals surface area contributed by atoms with Gasteiger partial charge in [-0.05, 0) is 36.2 Å². The molecule has 0 aliphatic heterocycles. The maximum Gasteiger partial charge on any atom is 0.254 e. The summed E-state index contributed by atoms with van der Waals surface area (Å²) >= 11 is 0. The molecule has 0 spiro atoms. The predicted octanol–water partition coefficient (Wildman–Crippen LogP) is 2.94. The molecule has 3 nitrogen and oxygen atoms in total. The molecule has 0 aliphatic rings. The average Bonchev–Trinajstić information content (AvgIpc) is 2.48. The van der Waals surface area contributed by atoms with Gasteiger partial charge >= 0.3 is 0 Å². The molecule has 0 atom stereocenters. The number of hydrogen-bond donors (Lipinski definition) is 1. The zero-order valence-electron chi connectivity index (χ0n) is 11.0. The number of halogens is 1. The lowest BCUT2D eigenvalue weighted by atomic mass is 10.1. The fraction of sp³-hybridized carbons (Fsp3) is 0.125. The van der Waals surface area contributed by atoms with Crippen molar-refractivity contribution in [1.82, 2.24) is 5.32 Å². The van der Waals surface area contributed by atoms with Crippen molar-refractivity contribution in [1.29, 1.82) is 5.26 Å². The second-order valence-corrected chi connectivity index (χ2v) is 4.43. The van der Waals surface area contributed by atoms with Gasteiger partial charge in [-0.25, -0.2) is 4.39 Å². The van der Waals surface area contributed by atoms with Crippen LogP contribution in [0.2, 0.25) is 0 Å². The maximum atomic E-state index is 13.8. The Morgan fingerprint density at radius 2 is 2.05 bits per heavy atom. The van der Waals surface area contributed by atoms with Crippen LogP contribution in [-0.2, 0) is 6.54 Å². The molecule has 0 unspecified atom stereocenters. The Bertz CT molecular complexity index is 689. The molecule has 1 N–H and O–H groups in total. The fourth-order valence-corrected chi connectivity index (χ4v) is 1.85. The number of carbonyl (C=O) groups is 1. The van der Waals surface area contributed by atoms with E-state index < -0.39 is 11.7 Å². The number of hydrogen-bond acceptors (Lipinski definition) is 2. The van der Waals surface area contributed by atoms with Crippen molar-refractivity contribution >= 4 is 5.91 Å². The van der Waals surface area contributed by atoms with Crippen molar-refractivity contribution in [2.45, 2.75) is 13.5 Å². The van der Waals surface area contributed by atoms with Gasteiger partial charge in [0.2, 0.25) is 0 Å². The molecule has 0 saturated heterocycles. The molecule has 0 bridgehead atoms. The Morgan fingerprint density at radius 1 is 1.30 bits per heavy atom. The molecule has 0 fully saturated rings. The predicted molar refractivity (Wildman–Crippen MR) is 73.5 cm³/mol. The van der Waals surface area contributed by atoms with Crippen LogP contribution in [-0.4, -0.2) is 5.91 Å². The average molecular weight is 268 g/mol. The highest BCUT2D eigenvalue weighted by molar-refractivity contribution is 5.94. The van der Waals surface area contributed by atoms with E-state index in [1.165, 1.54) is 6.07 Å². The molecule has 0 saturated carbocycles. The third-order valence-electron chi connectivity index (χ3n) is 2.95. The highest BCUT2D eigenvalue weighted by Crippen LogP contribution is 2.12. The molecule has 1 amide bonds. The molecule has 0 aromatic heterocycles. The molecule has 100 valence electrons. The van der Waals surface area contributed by atoms with Crippen molar-refractivity contribution in [3.8, 4) is 6.07 Å². The molecule has 20 heavy (non-hydrogen) atoms. The summed E-state index contributed by atoms with van der Waals surface area (Å²) in [6, 6.07) is 13.7. The summed E-state index contributed by atoms with van der Waals surface area (Å²) < 4.78 is 13.8. The van der Waals surface area contributed by atoms with Crippen LogP contribution in [0.1, 0.15) is 27.0 Å². The van der Waals surface area contributed by atoms with Crippen LogP contribution in [0.15, 0.2) is 42.5 Å². The maximum absolute atomic E-state index is 13.8. The normalized spacial score (nSPS) is 9.85. The first-order chi connectivity index (χ1) is 9.61. The van der Waals surface area contributed by atoms with Gasteiger partial charge in [-0.15, -0.1) is 0 Å². The quantitative estimate of drug-likeness (QED) is 0.930. The highest BCUT2D eigenvalue weighted by Gasteiger charge is 2.12. The molecule has 0 heterocycles. The lowest BCUT2D eigenvalue weighted by Crippen LogP contribution is -2.24. The van der Waals surface area contributed by atoms with Crippen LogP contribution < -0.4 is 5.32 Å². The number of aryl methyl sites for hydroxylation is 1. The van der Waals surface area contributed by atoms with Crippen LogP contribution in [0.5, 0.6) is 0 Å². The van der Waals surface area contributed by atoms with Crippen LogP contribution >= 0.6 is 0 Å². The number of nitrogens with zero attached hydrogens (tertiary/aromatic N) is 1. The van der Waals surface area contributed by atoms with Gasteiger partial charge in [0.25, 0.3) is 5.91 Å². The van der Waals surface area contributed by atoms with Gasteiger partial charge in [0.05, 0.1) is 17.2 Å². The largest absolute Gasteiger partial charge is 0.348 e. The number of rotatable bonds is 3. The Morgan fingerprint density at radius 3 is 2.80 bits per heavy atom. The lowest BCUT2D eigenvalue weighted by molar-refractivity contribution is 0.0946. The van der Waals surface area contributed by atoms with Crippen LogP contribution in [0, 0.1) is 24.1 Å². The fourth-order valence-electron chi connectivity index (χ4n) is 1.85. The van der Waals surface area contributed by atoms with E-state index in [1.54, 1.807) is 43.3 Å². The molecule has 2 aromatic carbocycles. The number of carbonyl (C=O) groups excluding carboxylic acids is 1. The van der Waals surface area contributed by atoms with Crippen molar-refractivity contribution in [3.63, 3.8) is 0 Å². The molecule has 0 radical (unpaired) electrons. The van der Waals surface area contributed by atoms with E-state index in [9.17, 15) is 9.18 Å². The minimum atomic E-state index is -0.504. The smallest absolute Gasteiger partial charge is 0.254 e. The van der Waals surface area contributed by atoms with Gasteiger partial charge in [-0.3, -0.25) is 4.79 Å². The molecule has 0 aliphatic carbocycles. The Balaban J connectivity index is 2.09. The van der Waals surface area contributed by atoms with Gasteiger partial charge in [-0.1, -0.05) is 24.3 Å². The van der Waals surface area contributed by atoms with E-state index in [0.717, 1.165) is 5.56 Å². The lowest BCUT2D eigenvalue weighted by Gasteiger charge is -2.07. The first-order valence-electron chi connectivity index (χ1n) is 6.14. The van der Waals surface area contributed by atoms with Crippen LogP contribution in [0.25, 0.3) is 0 Å². The molecule has 2 rings (SSSR count). The van der Waals surface area contributed by atoms with Gasteiger partial charge in [0.15, 0.2) is 0 Å². The first kappa shape index (κ1) is 13.8. The van der Waals surface area contributed by atoms with Gasteiger partial charge in [-0.2, -0.15) is 5.26 Å². The third-order valence-corrected chi connectivity index (χ3v) is 2.95. The Labute approximate surface area is 116 Å². The second kappa shape index (κ2) is 5.98. The van der Waals surface area contributed by atoms with Crippen LogP contribution in [0.3, 0.4) is 0 Å². The van der Waals surface area contributed by atoms with Gasteiger partial charge in [0.1, 0.15) is 5.82 Å². The molecule has 4 heteroatoms. The molecular formula is C16H13FN2O. The van der Waals surface area contributed by atoms with Gasteiger partial charge in [0, 0.05) is 6.54 Å². The summed E-state index contributed by atoms with van der Waals surface area (Å²) in [6.45, 7) is 1.87. The molecule has 2 aromatic rings. The summed E-state index contributed by atoms with van der Waals surface area (Å²) in [7, 11) is 0. The topological polar surface area (TPSA) is 52.9 Å².